The minimum absolute atomic E-state index is 0.0567. The summed E-state index contributed by atoms with van der Waals surface area (Å²) in [4.78, 5) is 69.7. The average Bonchev–Trinajstić information content (AvgIpc) is 3.56. The zero-order valence-corrected chi connectivity index (χ0v) is 27.0. The summed E-state index contributed by atoms with van der Waals surface area (Å²) in [6.07, 6.45) is 6.13. The lowest BCUT2D eigenvalue weighted by atomic mass is 9.90. The van der Waals surface area contributed by atoms with E-state index in [0.29, 0.717) is 40.9 Å². The SMILES string of the molecule is C[C@H]1C[C@H]2CC[C@@H](C(=O)N3CC(c4cnccc4N(C)C)C3)N2C(=O)[C@@H](NC(=O)c2cc3cc([C@H](F)P(=O)(O)O)ccc3s2)C1. The highest BCUT2D eigenvalue weighted by Gasteiger charge is 2.48. The molecule has 3 aliphatic rings. The van der Waals surface area contributed by atoms with Gasteiger partial charge in [-0.1, -0.05) is 13.0 Å². The lowest BCUT2D eigenvalue weighted by Gasteiger charge is -2.43. The van der Waals surface area contributed by atoms with Crippen LogP contribution in [0.4, 0.5) is 10.1 Å². The average molecular weight is 658 g/mol. The van der Waals surface area contributed by atoms with Gasteiger partial charge in [-0.2, -0.15) is 0 Å². The molecule has 14 heteroatoms. The van der Waals surface area contributed by atoms with Crippen molar-refractivity contribution in [2.24, 2.45) is 5.92 Å². The number of hydrogen-bond acceptors (Lipinski definition) is 7. The number of pyridine rings is 1. The van der Waals surface area contributed by atoms with E-state index in [9.17, 15) is 33.1 Å². The van der Waals surface area contributed by atoms with Crippen molar-refractivity contribution in [2.45, 2.75) is 62.6 Å². The molecule has 0 bridgehead atoms. The Morgan fingerprint density at radius 1 is 1.16 bits per heavy atom. The minimum Gasteiger partial charge on any atom is -0.377 e. The third kappa shape index (κ3) is 6.10. The van der Waals surface area contributed by atoms with E-state index in [0.717, 1.165) is 35.4 Å². The van der Waals surface area contributed by atoms with Gasteiger partial charge in [-0.25, -0.2) is 4.39 Å². The number of thiophene rings is 1. The first kappa shape index (κ1) is 31.6. The molecule has 3 aromatic rings. The summed E-state index contributed by atoms with van der Waals surface area (Å²) in [5.41, 5.74) is 2.00. The summed E-state index contributed by atoms with van der Waals surface area (Å²) in [5.74, 6) is -2.91. The lowest BCUT2D eigenvalue weighted by Crippen LogP contribution is -2.58. The second kappa shape index (κ2) is 12.1. The third-order valence-electron chi connectivity index (χ3n) is 9.24. The van der Waals surface area contributed by atoms with Crippen molar-refractivity contribution in [3.63, 3.8) is 0 Å². The Bertz CT molecular complexity index is 1690. The first-order valence-electron chi connectivity index (χ1n) is 15.1. The van der Waals surface area contributed by atoms with Crippen LogP contribution in [0.2, 0.25) is 0 Å². The summed E-state index contributed by atoms with van der Waals surface area (Å²) in [7, 11) is -1.02. The molecule has 0 spiro atoms. The van der Waals surface area contributed by atoms with Crippen molar-refractivity contribution >= 4 is 52.4 Å². The number of amides is 3. The fourth-order valence-electron chi connectivity index (χ4n) is 6.99. The Hall–Kier alpha value is -3.38. The first-order chi connectivity index (χ1) is 21.3. The van der Waals surface area contributed by atoms with Crippen molar-refractivity contribution in [2.75, 3.05) is 32.1 Å². The van der Waals surface area contributed by atoms with Gasteiger partial charge < -0.3 is 29.8 Å². The summed E-state index contributed by atoms with van der Waals surface area (Å²) >= 11 is 1.15. The number of hydrogen-bond donors (Lipinski definition) is 3. The van der Waals surface area contributed by atoms with Crippen molar-refractivity contribution in [3.05, 3.63) is 58.7 Å². The number of likely N-dealkylation sites (tertiary alicyclic amines) is 1. The number of fused-ring (bicyclic) bond motifs is 2. The van der Waals surface area contributed by atoms with Crippen LogP contribution in [0.5, 0.6) is 0 Å². The number of rotatable bonds is 7. The molecule has 3 amide bonds. The maximum absolute atomic E-state index is 14.3. The highest BCUT2D eigenvalue weighted by Crippen LogP contribution is 2.53. The number of nitrogens with one attached hydrogen (secondary N) is 1. The normalized spacial score (nSPS) is 24.6. The van der Waals surface area contributed by atoms with Crippen LogP contribution in [0.25, 0.3) is 10.1 Å². The zero-order valence-electron chi connectivity index (χ0n) is 25.3. The molecule has 2 aromatic heterocycles. The summed E-state index contributed by atoms with van der Waals surface area (Å²) in [6, 6.07) is 6.20. The number of halogens is 1. The number of alkyl halides is 1. The Balaban J connectivity index is 1.15. The van der Waals surface area contributed by atoms with E-state index in [1.807, 2.05) is 36.2 Å². The predicted octanol–water partition coefficient (Wildman–Crippen LogP) is 4.02. The van der Waals surface area contributed by atoms with Crippen LogP contribution in [-0.4, -0.2) is 87.6 Å². The molecule has 5 atom stereocenters. The molecule has 3 saturated heterocycles. The molecule has 3 N–H and O–H groups in total. The topological polar surface area (TPSA) is 143 Å². The van der Waals surface area contributed by atoms with E-state index in [1.54, 1.807) is 11.1 Å². The summed E-state index contributed by atoms with van der Waals surface area (Å²) in [5, 5.41) is 3.37. The van der Waals surface area contributed by atoms with E-state index in [2.05, 4.69) is 17.2 Å². The molecule has 6 rings (SSSR count). The van der Waals surface area contributed by atoms with Gasteiger partial charge in [0.1, 0.15) is 12.1 Å². The van der Waals surface area contributed by atoms with E-state index < -0.39 is 31.5 Å². The van der Waals surface area contributed by atoms with Gasteiger partial charge in [-0.15, -0.1) is 11.3 Å². The Morgan fingerprint density at radius 2 is 1.91 bits per heavy atom. The van der Waals surface area contributed by atoms with Crippen LogP contribution in [0.3, 0.4) is 0 Å². The molecular weight excluding hydrogens is 620 g/mol. The third-order valence-corrected chi connectivity index (χ3v) is 11.2. The molecule has 45 heavy (non-hydrogen) atoms. The molecule has 1 aromatic carbocycles. The van der Waals surface area contributed by atoms with Gasteiger partial charge in [-0.05, 0) is 66.8 Å². The second-order valence-electron chi connectivity index (χ2n) is 12.7. The van der Waals surface area contributed by atoms with Crippen LogP contribution >= 0.6 is 18.9 Å². The number of anilines is 1. The molecular formula is C31H37FN5O6PS. The van der Waals surface area contributed by atoms with E-state index in [-0.39, 0.29) is 35.3 Å². The number of carbonyl (C=O) groups is 3. The summed E-state index contributed by atoms with van der Waals surface area (Å²) < 4.78 is 26.3. The van der Waals surface area contributed by atoms with Gasteiger partial charge in [0.15, 0.2) is 0 Å². The largest absolute Gasteiger partial charge is 0.377 e. The van der Waals surface area contributed by atoms with Gasteiger partial charge in [0.2, 0.25) is 17.7 Å². The number of benzene rings is 1. The fraction of sp³-hybridized carbons (Fsp3) is 0.484. The van der Waals surface area contributed by atoms with E-state index in [1.165, 1.54) is 24.3 Å². The summed E-state index contributed by atoms with van der Waals surface area (Å²) in [6.45, 7) is 3.18. The Morgan fingerprint density at radius 3 is 2.62 bits per heavy atom. The van der Waals surface area contributed by atoms with Gasteiger partial charge in [0, 0.05) is 67.5 Å². The first-order valence-corrected chi connectivity index (χ1v) is 17.6. The molecule has 0 radical (unpaired) electrons. The molecule has 0 unspecified atom stereocenters. The molecule has 240 valence electrons. The van der Waals surface area contributed by atoms with Gasteiger partial charge in [-0.3, -0.25) is 23.9 Å². The van der Waals surface area contributed by atoms with Crippen molar-refractivity contribution in [1.29, 1.82) is 0 Å². The van der Waals surface area contributed by atoms with E-state index >= 15 is 0 Å². The standard InChI is InChI=1S/C31H37FN5O6PS/c1-17-10-21-5-6-25(31(40)36-15-20(16-36)22-14-33-9-8-24(22)35(2)3)37(21)30(39)23(11-17)34-29(38)27-13-19-12-18(4-7-26(19)45-27)28(32)44(41,42)43/h4,7-9,12-14,17,20-21,23,25,28H,5-6,10-11,15-16H2,1-3H3,(H,34,38)(H2,41,42,43)/t17-,21+,23-,25-,28+/m0/s1. The van der Waals surface area contributed by atoms with E-state index in [4.69, 9.17) is 0 Å². The Labute approximate surface area is 264 Å². The highest BCUT2D eigenvalue weighted by molar-refractivity contribution is 7.51. The van der Waals surface area contributed by atoms with Gasteiger partial charge >= 0.3 is 7.60 Å². The number of nitrogens with zero attached hydrogens (tertiary/aromatic N) is 4. The van der Waals surface area contributed by atoms with Crippen LogP contribution in [0.15, 0.2) is 42.7 Å². The minimum atomic E-state index is -4.98. The monoisotopic (exact) mass is 657 g/mol. The zero-order chi connectivity index (χ0) is 32.2. The second-order valence-corrected chi connectivity index (χ2v) is 15.4. The van der Waals surface area contributed by atoms with Crippen molar-refractivity contribution in [1.82, 2.24) is 20.1 Å². The molecule has 5 heterocycles. The lowest BCUT2D eigenvalue weighted by molar-refractivity contribution is -0.148. The van der Waals surface area contributed by atoms with Crippen molar-refractivity contribution in [3.8, 4) is 0 Å². The maximum atomic E-state index is 14.3. The number of aromatic nitrogens is 1. The molecule has 11 nitrogen and oxygen atoms in total. The van der Waals surface area contributed by atoms with Crippen LogP contribution in [0, 0.1) is 5.92 Å². The maximum Gasteiger partial charge on any atom is 0.363 e. The van der Waals surface area contributed by atoms with Crippen molar-refractivity contribution < 1.29 is 33.1 Å². The molecule has 0 aliphatic carbocycles. The Kier molecular flexibility index (Phi) is 8.49. The molecule has 3 aliphatic heterocycles. The molecule has 3 fully saturated rings. The highest BCUT2D eigenvalue weighted by atomic mass is 32.1. The van der Waals surface area contributed by atoms with Gasteiger partial charge in [0.05, 0.1) is 4.88 Å². The van der Waals surface area contributed by atoms with Gasteiger partial charge in [0.25, 0.3) is 5.91 Å². The quantitative estimate of drug-likeness (QED) is 0.324. The van der Waals surface area contributed by atoms with Crippen LogP contribution < -0.4 is 10.2 Å². The molecule has 0 saturated carbocycles. The van der Waals surface area contributed by atoms with Crippen LogP contribution in [-0.2, 0) is 14.2 Å². The smallest absolute Gasteiger partial charge is 0.363 e. The predicted molar refractivity (Wildman–Crippen MR) is 169 cm³/mol. The van der Waals surface area contributed by atoms with Crippen LogP contribution in [0.1, 0.15) is 65.2 Å². The number of carbonyl (C=O) groups excluding carboxylic acids is 3. The fourth-order valence-corrected chi connectivity index (χ4v) is 8.48.